The largest absolute Gasteiger partial charge is 0.492 e. The fourth-order valence-electron chi connectivity index (χ4n) is 1.20. The molecule has 16 heavy (non-hydrogen) atoms. The van der Waals surface area contributed by atoms with E-state index in [1.165, 1.54) is 0 Å². The van der Waals surface area contributed by atoms with Crippen molar-refractivity contribution in [3.63, 3.8) is 0 Å². The van der Waals surface area contributed by atoms with E-state index < -0.39 is 10.0 Å². The normalized spacial score (nSPS) is 11.3. The minimum atomic E-state index is -3.31. The highest BCUT2D eigenvalue weighted by atomic mass is 32.2. The Morgan fingerprint density at radius 2 is 2.12 bits per heavy atom. The zero-order valence-corrected chi connectivity index (χ0v) is 9.82. The molecule has 0 bridgehead atoms. The molecule has 1 aromatic rings. The number of sulfonamides is 1. The molecular weight excluding hydrogens is 228 g/mol. The molecule has 0 aliphatic carbocycles. The second-order valence-electron chi connectivity index (χ2n) is 3.46. The SMILES string of the molecule is NS(=O)(=O)CCCCCOc1cccnc1. The molecule has 2 N–H and O–H groups in total. The fraction of sp³-hybridized carbons (Fsp3) is 0.500. The average molecular weight is 244 g/mol. The van der Waals surface area contributed by atoms with Crippen molar-refractivity contribution in [1.82, 2.24) is 4.98 Å². The summed E-state index contributed by atoms with van der Waals surface area (Å²) in [5, 5.41) is 4.87. The van der Waals surface area contributed by atoms with Crippen LogP contribution in [0, 0.1) is 0 Å². The van der Waals surface area contributed by atoms with Crippen LogP contribution in [0.15, 0.2) is 24.5 Å². The summed E-state index contributed by atoms with van der Waals surface area (Å²) in [5.41, 5.74) is 0. The first kappa shape index (κ1) is 12.9. The lowest BCUT2D eigenvalue weighted by molar-refractivity contribution is 0.305. The Labute approximate surface area is 95.7 Å². The van der Waals surface area contributed by atoms with Crippen LogP contribution in [0.1, 0.15) is 19.3 Å². The summed E-state index contributed by atoms with van der Waals surface area (Å²) in [6, 6.07) is 3.63. The molecule has 0 amide bonds. The molecule has 0 saturated heterocycles. The maximum atomic E-state index is 10.6. The van der Waals surface area contributed by atoms with Crippen LogP contribution in [0.4, 0.5) is 0 Å². The summed E-state index contributed by atoms with van der Waals surface area (Å²) < 4.78 is 26.6. The smallest absolute Gasteiger partial charge is 0.209 e. The number of hydrogen-bond acceptors (Lipinski definition) is 4. The van der Waals surface area contributed by atoms with Crippen LogP contribution in [0.3, 0.4) is 0 Å². The van der Waals surface area contributed by atoms with Crippen LogP contribution in [0.2, 0.25) is 0 Å². The van der Waals surface area contributed by atoms with Gasteiger partial charge in [0.1, 0.15) is 5.75 Å². The summed E-state index contributed by atoms with van der Waals surface area (Å²) in [5.74, 6) is 0.772. The molecule has 0 atom stereocenters. The molecule has 90 valence electrons. The van der Waals surface area contributed by atoms with Crippen molar-refractivity contribution in [2.24, 2.45) is 5.14 Å². The van der Waals surface area contributed by atoms with Crippen LogP contribution < -0.4 is 9.88 Å². The van der Waals surface area contributed by atoms with E-state index in [4.69, 9.17) is 9.88 Å². The first-order chi connectivity index (χ1) is 7.58. The summed E-state index contributed by atoms with van der Waals surface area (Å²) in [6.45, 7) is 0.566. The van der Waals surface area contributed by atoms with Gasteiger partial charge in [-0.3, -0.25) is 4.98 Å². The lowest BCUT2D eigenvalue weighted by atomic mass is 10.3. The quantitative estimate of drug-likeness (QED) is 0.723. The van der Waals surface area contributed by atoms with Gasteiger partial charge in [-0.1, -0.05) is 0 Å². The van der Waals surface area contributed by atoms with Crippen molar-refractivity contribution >= 4 is 10.0 Å². The Balaban J connectivity index is 2.05. The van der Waals surface area contributed by atoms with Gasteiger partial charge >= 0.3 is 0 Å². The molecule has 0 saturated carbocycles. The highest BCUT2D eigenvalue weighted by molar-refractivity contribution is 7.89. The van der Waals surface area contributed by atoms with Gasteiger partial charge in [0.05, 0.1) is 18.6 Å². The molecule has 1 heterocycles. The van der Waals surface area contributed by atoms with Crippen molar-refractivity contribution in [2.75, 3.05) is 12.4 Å². The van der Waals surface area contributed by atoms with Gasteiger partial charge in [0.15, 0.2) is 0 Å². The fourth-order valence-corrected chi connectivity index (χ4v) is 1.81. The van der Waals surface area contributed by atoms with E-state index in [1.54, 1.807) is 18.5 Å². The molecular formula is C10H16N2O3S. The second-order valence-corrected chi connectivity index (χ2v) is 5.20. The highest BCUT2D eigenvalue weighted by Crippen LogP contribution is 2.07. The number of aromatic nitrogens is 1. The Morgan fingerprint density at radius 3 is 2.75 bits per heavy atom. The number of ether oxygens (including phenoxy) is 1. The molecule has 0 aromatic carbocycles. The van der Waals surface area contributed by atoms with Gasteiger partial charge in [-0.05, 0) is 31.4 Å². The van der Waals surface area contributed by atoms with Crippen LogP contribution in [-0.4, -0.2) is 25.8 Å². The lowest BCUT2D eigenvalue weighted by Crippen LogP contribution is -2.16. The van der Waals surface area contributed by atoms with Crippen LogP contribution in [0.25, 0.3) is 0 Å². The molecule has 0 spiro atoms. The van der Waals surface area contributed by atoms with E-state index in [2.05, 4.69) is 4.98 Å². The van der Waals surface area contributed by atoms with Crippen LogP contribution in [0.5, 0.6) is 5.75 Å². The third-order valence-electron chi connectivity index (χ3n) is 1.98. The number of pyridine rings is 1. The number of nitrogens with zero attached hydrogens (tertiary/aromatic N) is 1. The summed E-state index contributed by atoms with van der Waals surface area (Å²) in [7, 11) is -3.31. The van der Waals surface area contributed by atoms with Gasteiger partial charge in [0, 0.05) is 6.20 Å². The molecule has 0 aliphatic rings. The topological polar surface area (TPSA) is 82.3 Å². The minimum absolute atomic E-state index is 0.0416. The summed E-state index contributed by atoms with van der Waals surface area (Å²) >= 11 is 0. The predicted octanol–water partition coefficient (Wildman–Crippen LogP) is 0.919. The predicted molar refractivity (Wildman–Crippen MR) is 61.6 cm³/mol. The number of hydrogen-bond donors (Lipinski definition) is 1. The first-order valence-electron chi connectivity index (χ1n) is 5.11. The zero-order valence-electron chi connectivity index (χ0n) is 9.00. The first-order valence-corrected chi connectivity index (χ1v) is 6.83. The Kier molecular flexibility index (Phi) is 5.21. The molecule has 0 unspecified atom stereocenters. The van der Waals surface area contributed by atoms with E-state index in [9.17, 15) is 8.42 Å². The molecule has 6 heteroatoms. The Bertz CT molecular complexity index is 392. The van der Waals surface area contributed by atoms with Gasteiger partial charge in [-0.15, -0.1) is 0 Å². The molecule has 0 fully saturated rings. The van der Waals surface area contributed by atoms with Gasteiger partial charge in [-0.25, -0.2) is 13.6 Å². The van der Waals surface area contributed by atoms with Crippen LogP contribution in [-0.2, 0) is 10.0 Å². The molecule has 1 aromatic heterocycles. The van der Waals surface area contributed by atoms with E-state index in [0.717, 1.165) is 18.6 Å². The number of unbranched alkanes of at least 4 members (excludes halogenated alkanes) is 2. The molecule has 0 aliphatic heterocycles. The summed E-state index contributed by atoms with van der Waals surface area (Å²) in [4.78, 5) is 3.91. The van der Waals surface area contributed by atoms with Gasteiger partial charge < -0.3 is 4.74 Å². The standard InChI is InChI=1S/C10H16N2O3S/c11-16(13,14)8-3-1-2-7-15-10-5-4-6-12-9-10/h4-6,9H,1-3,7-8H2,(H2,11,13,14). The van der Waals surface area contributed by atoms with Crippen molar-refractivity contribution in [3.8, 4) is 5.75 Å². The Morgan fingerprint density at radius 1 is 1.31 bits per heavy atom. The van der Waals surface area contributed by atoms with E-state index in [-0.39, 0.29) is 5.75 Å². The lowest BCUT2D eigenvalue weighted by Gasteiger charge is -2.04. The van der Waals surface area contributed by atoms with Gasteiger partial charge in [0.2, 0.25) is 10.0 Å². The van der Waals surface area contributed by atoms with Gasteiger partial charge in [0.25, 0.3) is 0 Å². The molecule has 5 nitrogen and oxygen atoms in total. The monoisotopic (exact) mass is 244 g/mol. The number of nitrogens with two attached hydrogens (primary N) is 1. The third kappa shape index (κ3) is 6.36. The molecule has 0 radical (unpaired) electrons. The zero-order chi connectivity index (χ0) is 11.9. The average Bonchev–Trinajstić information content (AvgIpc) is 2.23. The highest BCUT2D eigenvalue weighted by Gasteiger charge is 2.01. The van der Waals surface area contributed by atoms with Crippen molar-refractivity contribution in [2.45, 2.75) is 19.3 Å². The third-order valence-corrected chi connectivity index (χ3v) is 2.83. The van der Waals surface area contributed by atoms with Gasteiger partial charge in [-0.2, -0.15) is 0 Å². The summed E-state index contributed by atoms with van der Waals surface area (Å²) in [6.07, 6.45) is 5.50. The minimum Gasteiger partial charge on any atom is -0.492 e. The number of primary sulfonamides is 1. The maximum absolute atomic E-state index is 10.6. The Hall–Kier alpha value is -1.14. The van der Waals surface area contributed by atoms with Crippen LogP contribution >= 0.6 is 0 Å². The maximum Gasteiger partial charge on any atom is 0.209 e. The second kappa shape index (κ2) is 6.44. The van der Waals surface area contributed by atoms with Crippen molar-refractivity contribution < 1.29 is 13.2 Å². The van der Waals surface area contributed by atoms with E-state index in [0.29, 0.717) is 13.0 Å². The number of rotatable bonds is 7. The van der Waals surface area contributed by atoms with E-state index in [1.807, 2.05) is 6.07 Å². The van der Waals surface area contributed by atoms with Crippen molar-refractivity contribution in [3.05, 3.63) is 24.5 Å². The van der Waals surface area contributed by atoms with E-state index >= 15 is 0 Å². The van der Waals surface area contributed by atoms with Crippen molar-refractivity contribution in [1.29, 1.82) is 0 Å². The molecule has 1 rings (SSSR count).